The molecule has 0 saturated carbocycles. The highest BCUT2D eigenvalue weighted by Crippen LogP contribution is 2.34. The first-order chi connectivity index (χ1) is 16.4. The minimum Gasteiger partial charge on any atom is -0.356 e. The van der Waals surface area contributed by atoms with E-state index in [9.17, 15) is 4.79 Å². The molecule has 1 saturated heterocycles. The van der Waals surface area contributed by atoms with E-state index in [-0.39, 0.29) is 11.6 Å². The van der Waals surface area contributed by atoms with Crippen LogP contribution in [0.2, 0.25) is 5.02 Å². The van der Waals surface area contributed by atoms with Gasteiger partial charge >= 0.3 is 0 Å². The van der Waals surface area contributed by atoms with Gasteiger partial charge in [-0.3, -0.25) is 9.79 Å². The molecule has 3 heterocycles. The van der Waals surface area contributed by atoms with Crippen LogP contribution in [0.1, 0.15) is 51.0 Å². The molecule has 4 rings (SSSR count). The Labute approximate surface area is 204 Å². The Kier molecular flexibility index (Phi) is 7.17. The van der Waals surface area contributed by atoms with Gasteiger partial charge in [0.1, 0.15) is 17.2 Å². The summed E-state index contributed by atoms with van der Waals surface area (Å²) in [5.74, 6) is 2.42. The Balaban J connectivity index is 1.69. The Bertz CT molecular complexity index is 1280. The van der Waals surface area contributed by atoms with Crippen molar-refractivity contribution in [2.24, 2.45) is 4.99 Å². The van der Waals surface area contributed by atoms with Crippen molar-refractivity contribution in [1.82, 2.24) is 24.9 Å². The molecule has 1 aliphatic heterocycles. The standard InChI is InChI=1S/C25H29ClN6O2/c1-5-16(2)25-31(10-7-11-32(25)24(27-4)21-14-23(33)29-15-28-21)17(3)20-13-22(34-30-20)18-8-6-9-19(26)12-18/h6,8-9,12-15,17H,5,7,10-11H2,1-4H3,(H,28,29,33). The maximum atomic E-state index is 11.9. The fourth-order valence-corrected chi connectivity index (χ4v) is 4.46. The quantitative estimate of drug-likeness (QED) is 0.414. The lowest BCUT2D eigenvalue weighted by molar-refractivity contribution is 0.160. The number of benzene rings is 1. The molecule has 1 atom stereocenters. The maximum Gasteiger partial charge on any atom is 0.251 e. The molecular weight excluding hydrogens is 452 g/mol. The second kappa shape index (κ2) is 10.3. The van der Waals surface area contributed by atoms with Gasteiger partial charge in [0.2, 0.25) is 0 Å². The van der Waals surface area contributed by atoms with E-state index >= 15 is 0 Å². The maximum absolute atomic E-state index is 11.9. The van der Waals surface area contributed by atoms with Crippen LogP contribution < -0.4 is 5.56 Å². The van der Waals surface area contributed by atoms with Crippen molar-refractivity contribution in [2.45, 2.75) is 39.7 Å². The van der Waals surface area contributed by atoms with Crippen LogP contribution >= 0.6 is 11.6 Å². The topological polar surface area (TPSA) is 90.6 Å². The lowest BCUT2D eigenvalue weighted by Gasteiger charge is -2.44. The second-order valence-electron chi connectivity index (χ2n) is 8.30. The van der Waals surface area contributed by atoms with Crippen molar-refractivity contribution in [3.63, 3.8) is 0 Å². The van der Waals surface area contributed by atoms with Crippen LogP contribution in [0.25, 0.3) is 11.3 Å². The summed E-state index contributed by atoms with van der Waals surface area (Å²) in [4.78, 5) is 27.9. The fraction of sp³-hybridized carbons (Fsp3) is 0.360. The molecule has 0 aliphatic carbocycles. The third kappa shape index (κ3) is 4.77. The highest BCUT2D eigenvalue weighted by atomic mass is 35.5. The van der Waals surface area contributed by atoms with Crippen LogP contribution in [0.4, 0.5) is 0 Å². The first-order valence-corrected chi connectivity index (χ1v) is 11.8. The van der Waals surface area contributed by atoms with Gasteiger partial charge < -0.3 is 19.3 Å². The fourth-order valence-electron chi connectivity index (χ4n) is 4.27. The minimum atomic E-state index is -0.206. The summed E-state index contributed by atoms with van der Waals surface area (Å²) < 4.78 is 5.68. The molecule has 1 N–H and O–H groups in total. The molecule has 0 bridgehead atoms. The molecule has 8 nitrogen and oxygen atoms in total. The van der Waals surface area contributed by atoms with Crippen molar-refractivity contribution in [3.8, 4) is 11.3 Å². The van der Waals surface area contributed by atoms with Crippen molar-refractivity contribution < 1.29 is 4.52 Å². The van der Waals surface area contributed by atoms with Gasteiger partial charge in [0.05, 0.1) is 12.4 Å². The average molecular weight is 481 g/mol. The number of allylic oxidation sites excluding steroid dienone is 1. The first kappa shape index (κ1) is 23.8. The molecule has 9 heteroatoms. The number of nitrogens with one attached hydrogen (secondary N) is 1. The zero-order chi connectivity index (χ0) is 24.2. The summed E-state index contributed by atoms with van der Waals surface area (Å²) in [5, 5.41) is 5.04. The predicted octanol–water partition coefficient (Wildman–Crippen LogP) is 4.87. The number of hydrogen-bond acceptors (Lipinski definition) is 6. The summed E-state index contributed by atoms with van der Waals surface area (Å²) in [6, 6.07) is 11.0. The summed E-state index contributed by atoms with van der Waals surface area (Å²) in [6.07, 6.45) is 3.21. The molecule has 1 aromatic carbocycles. The summed E-state index contributed by atoms with van der Waals surface area (Å²) >= 11 is 6.16. The summed E-state index contributed by atoms with van der Waals surface area (Å²) in [5.41, 5.74) is 3.28. The van der Waals surface area contributed by atoms with Crippen LogP contribution in [0.15, 0.2) is 68.4 Å². The van der Waals surface area contributed by atoms with Crippen molar-refractivity contribution in [2.75, 3.05) is 20.1 Å². The van der Waals surface area contributed by atoms with Gasteiger partial charge in [-0.15, -0.1) is 0 Å². The molecule has 0 spiro atoms. The molecule has 3 aromatic rings. The molecule has 0 amide bonds. The number of nitrogens with zero attached hydrogens (tertiary/aromatic N) is 5. The molecule has 1 aliphatic rings. The SMILES string of the molecule is CCC(C)=C1N(C(=NC)c2cc(=O)[nH]cn2)CCCN1C(C)c1cc(-c2cccc(Cl)c2)on1. The van der Waals surface area contributed by atoms with Crippen LogP contribution in [0.5, 0.6) is 0 Å². The highest BCUT2D eigenvalue weighted by Gasteiger charge is 2.32. The third-order valence-corrected chi connectivity index (χ3v) is 6.36. The van der Waals surface area contributed by atoms with Gasteiger partial charge in [0.25, 0.3) is 5.56 Å². The van der Waals surface area contributed by atoms with Crippen LogP contribution in [-0.2, 0) is 0 Å². The normalized spacial score (nSPS) is 17.1. The van der Waals surface area contributed by atoms with Gasteiger partial charge in [0, 0.05) is 42.9 Å². The van der Waals surface area contributed by atoms with E-state index in [1.807, 2.05) is 30.3 Å². The van der Waals surface area contributed by atoms with Crippen LogP contribution in [-0.4, -0.2) is 50.9 Å². The Morgan fingerprint density at radius 2 is 2.12 bits per heavy atom. The first-order valence-electron chi connectivity index (χ1n) is 11.4. The molecule has 178 valence electrons. The van der Waals surface area contributed by atoms with Gasteiger partial charge in [0.15, 0.2) is 11.6 Å². The van der Waals surface area contributed by atoms with E-state index in [1.165, 1.54) is 18.0 Å². The molecule has 34 heavy (non-hydrogen) atoms. The predicted molar refractivity (Wildman–Crippen MR) is 134 cm³/mol. The van der Waals surface area contributed by atoms with Gasteiger partial charge in [-0.05, 0) is 44.4 Å². The molecule has 2 aromatic heterocycles. The largest absolute Gasteiger partial charge is 0.356 e. The summed E-state index contributed by atoms with van der Waals surface area (Å²) in [6.45, 7) is 8.04. The Morgan fingerprint density at radius 3 is 2.82 bits per heavy atom. The average Bonchev–Trinajstić information content (AvgIpc) is 3.34. The van der Waals surface area contributed by atoms with Gasteiger partial charge in [-0.2, -0.15) is 0 Å². The zero-order valence-corrected chi connectivity index (χ0v) is 20.6. The van der Waals surface area contributed by atoms with E-state index < -0.39 is 0 Å². The highest BCUT2D eigenvalue weighted by molar-refractivity contribution is 6.30. The van der Waals surface area contributed by atoms with Gasteiger partial charge in [-0.1, -0.05) is 35.8 Å². The van der Waals surface area contributed by atoms with E-state index in [1.54, 1.807) is 7.05 Å². The van der Waals surface area contributed by atoms with Crippen molar-refractivity contribution >= 4 is 17.4 Å². The number of aromatic nitrogens is 3. The lowest BCUT2D eigenvalue weighted by Crippen LogP contribution is -2.47. The molecule has 1 unspecified atom stereocenters. The van der Waals surface area contributed by atoms with Crippen molar-refractivity contribution in [1.29, 1.82) is 0 Å². The lowest BCUT2D eigenvalue weighted by atomic mass is 10.1. The minimum absolute atomic E-state index is 0.0405. The van der Waals surface area contributed by atoms with Crippen LogP contribution in [0.3, 0.4) is 0 Å². The molecular formula is C25H29ClN6O2. The number of H-pyrrole nitrogens is 1. The number of halogens is 1. The van der Waals surface area contributed by atoms with Gasteiger partial charge in [-0.25, -0.2) is 4.98 Å². The molecule has 0 radical (unpaired) electrons. The van der Waals surface area contributed by atoms with Crippen LogP contribution in [0, 0.1) is 0 Å². The number of rotatable bonds is 5. The van der Waals surface area contributed by atoms with E-state index in [0.717, 1.165) is 43.0 Å². The Morgan fingerprint density at radius 1 is 1.29 bits per heavy atom. The van der Waals surface area contributed by atoms with Crippen molar-refractivity contribution in [3.05, 3.63) is 80.9 Å². The third-order valence-electron chi connectivity index (χ3n) is 6.13. The van der Waals surface area contributed by atoms with E-state index in [4.69, 9.17) is 16.1 Å². The zero-order valence-electron chi connectivity index (χ0n) is 19.9. The second-order valence-corrected chi connectivity index (χ2v) is 8.74. The number of aliphatic imine (C=N–C) groups is 1. The Hall–Kier alpha value is -3.39. The van der Waals surface area contributed by atoms with E-state index in [2.05, 4.69) is 50.7 Å². The monoisotopic (exact) mass is 480 g/mol. The smallest absolute Gasteiger partial charge is 0.251 e. The van der Waals surface area contributed by atoms with E-state index in [0.29, 0.717) is 22.3 Å². The number of hydrogen-bond donors (Lipinski definition) is 1. The molecule has 1 fully saturated rings. The summed E-state index contributed by atoms with van der Waals surface area (Å²) in [7, 11) is 1.73. The number of aromatic amines is 1. The number of amidine groups is 1.